The van der Waals surface area contributed by atoms with E-state index in [2.05, 4.69) is 28.9 Å². The van der Waals surface area contributed by atoms with Gasteiger partial charge in [0, 0.05) is 37.8 Å². The maximum absolute atomic E-state index is 5.75. The monoisotopic (exact) mass is 259 g/mol. The first kappa shape index (κ1) is 13.8. The van der Waals surface area contributed by atoms with E-state index in [4.69, 9.17) is 10.5 Å². The van der Waals surface area contributed by atoms with Crippen molar-refractivity contribution in [2.45, 2.75) is 13.5 Å². The molecule has 4 nitrogen and oxygen atoms in total. The highest BCUT2D eigenvalue weighted by molar-refractivity contribution is 5.92. The van der Waals surface area contributed by atoms with Gasteiger partial charge in [-0.15, -0.1) is 0 Å². The van der Waals surface area contributed by atoms with Gasteiger partial charge < -0.3 is 15.4 Å². The topological polar surface area (TPSA) is 51.4 Å². The van der Waals surface area contributed by atoms with Gasteiger partial charge in [0.05, 0.1) is 17.8 Å². The van der Waals surface area contributed by atoms with Crippen LogP contribution in [0.4, 0.5) is 5.69 Å². The lowest BCUT2D eigenvalue weighted by Gasteiger charge is -2.24. The molecule has 0 spiro atoms. The highest BCUT2D eigenvalue weighted by atomic mass is 16.5. The molecule has 102 valence electrons. The summed E-state index contributed by atoms with van der Waals surface area (Å²) in [4.78, 5) is 6.87. The molecule has 0 fully saturated rings. The molecule has 2 rings (SSSR count). The Morgan fingerprint density at radius 1 is 1.32 bits per heavy atom. The van der Waals surface area contributed by atoms with Crippen molar-refractivity contribution in [3.63, 3.8) is 0 Å². The second-order valence-corrected chi connectivity index (χ2v) is 4.43. The first-order chi connectivity index (χ1) is 9.30. The average molecular weight is 259 g/mol. The zero-order chi connectivity index (χ0) is 13.7. The number of rotatable bonds is 6. The molecular formula is C15H21N3O. The number of nitrogens with zero attached hydrogens (tertiary/aromatic N) is 2. The minimum Gasteiger partial charge on any atom is -0.383 e. The minimum atomic E-state index is 0.458. The van der Waals surface area contributed by atoms with E-state index in [9.17, 15) is 0 Å². The number of hydrogen-bond acceptors (Lipinski definition) is 4. The number of pyridine rings is 1. The van der Waals surface area contributed by atoms with Crippen LogP contribution in [0.2, 0.25) is 0 Å². The van der Waals surface area contributed by atoms with Gasteiger partial charge in [0.2, 0.25) is 0 Å². The third kappa shape index (κ3) is 3.03. The Kier molecular flexibility index (Phi) is 4.71. The lowest BCUT2D eigenvalue weighted by molar-refractivity contribution is 0.205. The summed E-state index contributed by atoms with van der Waals surface area (Å²) >= 11 is 0. The average Bonchev–Trinajstić information content (AvgIpc) is 2.47. The predicted molar refractivity (Wildman–Crippen MR) is 79.4 cm³/mol. The molecule has 0 amide bonds. The standard InChI is InChI=1S/C15H21N3O/c1-3-18(8-9-19-2)15-10-12(11-16)17-14-7-5-4-6-13(14)15/h4-7,10H,3,8-9,11,16H2,1-2H3. The van der Waals surface area contributed by atoms with E-state index in [1.54, 1.807) is 7.11 Å². The summed E-state index contributed by atoms with van der Waals surface area (Å²) in [5.41, 5.74) is 8.85. The van der Waals surface area contributed by atoms with E-state index in [0.717, 1.165) is 29.7 Å². The van der Waals surface area contributed by atoms with Crippen LogP contribution in [0.5, 0.6) is 0 Å². The molecule has 4 heteroatoms. The number of ether oxygens (including phenoxy) is 1. The summed E-state index contributed by atoms with van der Waals surface area (Å²) in [6.07, 6.45) is 0. The highest BCUT2D eigenvalue weighted by Crippen LogP contribution is 2.26. The number of likely N-dealkylation sites (N-methyl/N-ethyl adjacent to an activating group) is 1. The van der Waals surface area contributed by atoms with Crippen molar-refractivity contribution in [1.29, 1.82) is 0 Å². The van der Waals surface area contributed by atoms with Crippen molar-refractivity contribution in [2.24, 2.45) is 5.73 Å². The molecule has 19 heavy (non-hydrogen) atoms. The fraction of sp³-hybridized carbons (Fsp3) is 0.400. The number of nitrogens with two attached hydrogens (primary N) is 1. The second-order valence-electron chi connectivity index (χ2n) is 4.43. The van der Waals surface area contributed by atoms with Crippen molar-refractivity contribution in [3.8, 4) is 0 Å². The third-order valence-electron chi connectivity index (χ3n) is 3.24. The molecule has 1 aromatic carbocycles. The maximum Gasteiger partial charge on any atom is 0.0726 e. The molecule has 0 aliphatic carbocycles. The molecule has 0 unspecified atom stereocenters. The van der Waals surface area contributed by atoms with E-state index < -0.39 is 0 Å². The summed E-state index contributed by atoms with van der Waals surface area (Å²) < 4.78 is 5.18. The summed E-state index contributed by atoms with van der Waals surface area (Å²) in [5.74, 6) is 0. The lowest BCUT2D eigenvalue weighted by Crippen LogP contribution is -2.27. The van der Waals surface area contributed by atoms with E-state index >= 15 is 0 Å². The fourth-order valence-corrected chi connectivity index (χ4v) is 2.23. The molecule has 1 heterocycles. The number of methoxy groups -OCH3 is 1. The van der Waals surface area contributed by atoms with Gasteiger partial charge in [-0.1, -0.05) is 18.2 Å². The van der Waals surface area contributed by atoms with Gasteiger partial charge in [0.15, 0.2) is 0 Å². The third-order valence-corrected chi connectivity index (χ3v) is 3.24. The highest BCUT2D eigenvalue weighted by Gasteiger charge is 2.10. The number of para-hydroxylation sites is 1. The molecule has 0 saturated heterocycles. The summed E-state index contributed by atoms with van der Waals surface area (Å²) in [5, 5.41) is 1.16. The SMILES string of the molecule is CCN(CCOC)c1cc(CN)nc2ccccc12. The molecule has 1 aromatic heterocycles. The molecule has 2 aromatic rings. The summed E-state index contributed by atoms with van der Waals surface area (Å²) in [7, 11) is 1.73. The normalized spacial score (nSPS) is 10.9. The Morgan fingerprint density at radius 3 is 2.79 bits per heavy atom. The van der Waals surface area contributed by atoms with Crippen LogP contribution in [0.1, 0.15) is 12.6 Å². The van der Waals surface area contributed by atoms with E-state index in [1.807, 2.05) is 18.2 Å². The smallest absolute Gasteiger partial charge is 0.0726 e. The molecule has 2 N–H and O–H groups in total. The van der Waals surface area contributed by atoms with Gasteiger partial charge in [-0.25, -0.2) is 0 Å². The molecular weight excluding hydrogens is 238 g/mol. The van der Waals surface area contributed by atoms with Crippen LogP contribution in [0, 0.1) is 0 Å². The number of hydrogen-bond donors (Lipinski definition) is 1. The van der Waals surface area contributed by atoms with Gasteiger partial charge in [0.25, 0.3) is 0 Å². The van der Waals surface area contributed by atoms with Crippen molar-refractivity contribution in [1.82, 2.24) is 4.98 Å². The van der Waals surface area contributed by atoms with Crippen molar-refractivity contribution in [3.05, 3.63) is 36.0 Å². The predicted octanol–water partition coefficient (Wildman–Crippen LogP) is 2.17. The first-order valence-electron chi connectivity index (χ1n) is 6.62. The van der Waals surface area contributed by atoms with E-state index in [1.165, 1.54) is 5.69 Å². The second kappa shape index (κ2) is 6.50. The maximum atomic E-state index is 5.75. The Labute approximate surface area is 114 Å². The molecule has 0 aliphatic heterocycles. The van der Waals surface area contributed by atoms with Crippen molar-refractivity contribution < 1.29 is 4.74 Å². The molecule has 0 saturated carbocycles. The van der Waals surface area contributed by atoms with Crippen LogP contribution in [0.25, 0.3) is 10.9 Å². The molecule has 0 radical (unpaired) electrons. The molecule has 0 bridgehead atoms. The number of aromatic nitrogens is 1. The Balaban J connectivity index is 2.49. The van der Waals surface area contributed by atoms with Crippen molar-refractivity contribution in [2.75, 3.05) is 31.7 Å². The van der Waals surface area contributed by atoms with Crippen LogP contribution in [-0.2, 0) is 11.3 Å². The van der Waals surface area contributed by atoms with Gasteiger partial charge in [-0.2, -0.15) is 0 Å². The zero-order valence-electron chi connectivity index (χ0n) is 11.6. The summed E-state index contributed by atoms with van der Waals surface area (Å²) in [6, 6.07) is 10.3. The van der Waals surface area contributed by atoms with Gasteiger partial charge in [-0.3, -0.25) is 4.98 Å². The number of benzene rings is 1. The summed E-state index contributed by atoms with van der Waals surface area (Å²) in [6.45, 7) is 5.11. The van der Waals surface area contributed by atoms with Gasteiger partial charge in [-0.05, 0) is 19.1 Å². The lowest BCUT2D eigenvalue weighted by atomic mass is 10.1. The van der Waals surface area contributed by atoms with Crippen molar-refractivity contribution >= 4 is 16.6 Å². The Morgan fingerprint density at radius 2 is 2.11 bits per heavy atom. The van der Waals surface area contributed by atoms with Crippen LogP contribution in [0.15, 0.2) is 30.3 Å². The van der Waals surface area contributed by atoms with E-state index in [-0.39, 0.29) is 0 Å². The van der Waals surface area contributed by atoms with Crippen LogP contribution in [-0.4, -0.2) is 31.8 Å². The Hall–Kier alpha value is -1.65. The van der Waals surface area contributed by atoms with Crippen LogP contribution < -0.4 is 10.6 Å². The number of fused-ring (bicyclic) bond motifs is 1. The fourth-order valence-electron chi connectivity index (χ4n) is 2.23. The van der Waals surface area contributed by atoms with Gasteiger partial charge >= 0.3 is 0 Å². The van der Waals surface area contributed by atoms with E-state index in [0.29, 0.717) is 13.2 Å². The minimum absolute atomic E-state index is 0.458. The van der Waals surface area contributed by atoms with Crippen LogP contribution >= 0.6 is 0 Å². The zero-order valence-corrected chi connectivity index (χ0v) is 11.6. The largest absolute Gasteiger partial charge is 0.383 e. The van der Waals surface area contributed by atoms with Crippen LogP contribution in [0.3, 0.4) is 0 Å². The van der Waals surface area contributed by atoms with Gasteiger partial charge in [0.1, 0.15) is 0 Å². The molecule has 0 atom stereocenters. The Bertz CT molecular complexity index is 542. The quantitative estimate of drug-likeness (QED) is 0.863. The molecule has 0 aliphatic rings. The number of anilines is 1. The first-order valence-corrected chi connectivity index (χ1v) is 6.62.